The number of nitrogens with zero attached hydrogens (tertiary/aromatic N) is 4. The van der Waals surface area contributed by atoms with Crippen molar-refractivity contribution >= 4 is 22.9 Å². The summed E-state index contributed by atoms with van der Waals surface area (Å²) in [7, 11) is 4.77. The van der Waals surface area contributed by atoms with E-state index in [1.165, 1.54) is 19.8 Å². The Morgan fingerprint density at radius 3 is 1.98 bits per heavy atom. The molecule has 1 aliphatic heterocycles. The monoisotopic (exact) mass is 687 g/mol. The van der Waals surface area contributed by atoms with E-state index in [0.717, 1.165) is 16.7 Å². The third-order valence-electron chi connectivity index (χ3n) is 9.12. The third-order valence-corrected chi connectivity index (χ3v) is 9.12. The van der Waals surface area contributed by atoms with Crippen molar-refractivity contribution in [2.24, 2.45) is 0 Å². The lowest BCUT2D eigenvalue weighted by Gasteiger charge is -2.37. The van der Waals surface area contributed by atoms with Crippen LogP contribution >= 0.6 is 0 Å². The fourth-order valence-corrected chi connectivity index (χ4v) is 6.55. The number of amides is 1. The Kier molecular flexibility index (Phi) is 9.73. The van der Waals surface area contributed by atoms with Gasteiger partial charge in [0, 0.05) is 12.7 Å². The Balaban J connectivity index is 1.22. The lowest BCUT2D eigenvalue weighted by molar-refractivity contribution is -0.0981. The van der Waals surface area contributed by atoms with Gasteiger partial charge in [0.25, 0.3) is 5.91 Å². The molecular formula is C39H37N5O7. The number of ether oxygens (including phenoxy) is 5. The second kappa shape index (κ2) is 14.7. The number of aliphatic hydroxyl groups excluding tert-OH is 1. The van der Waals surface area contributed by atoms with Crippen molar-refractivity contribution in [1.29, 1.82) is 0 Å². The van der Waals surface area contributed by atoms with Gasteiger partial charge in [0.2, 0.25) is 0 Å². The van der Waals surface area contributed by atoms with Crippen molar-refractivity contribution < 1.29 is 33.6 Å². The number of imidazole rings is 1. The lowest BCUT2D eigenvalue weighted by Crippen LogP contribution is -2.40. The molecular weight excluding hydrogens is 650 g/mol. The van der Waals surface area contributed by atoms with E-state index in [1.807, 2.05) is 84.9 Å². The maximum atomic E-state index is 12.9. The minimum absolute atomic E-state index is 0.0268. The van der Waals surface area contributed by atoms with Crippen LogP contribution in [0.25, 0.3) is 11.2 Å². The van der Waals surface area contributed by atoms with Crippen LogP contribution in [0.5, 0.6) is 11.5 Å². The molecule has 12 nitrogen and oxygen atoms in total. The predicted octanol–water partition coefficient (Wildman–Crippen LogP) is 5.38. The molecule has 0 spiro atoms. The zero-order chi connectivity index (χ0) is 35.4. The van der Waals surface area contributed by atoms with Gasteiger partial charge in [0.1, 0.15) is 41.7 Å². The molecule has 1 saturated heterocycles. The molecule has 2 N–H and O–H groups in total. The molecule has 260 valence electrons. The molecule has 51 heavy (non-hydrogen) atoms. The molecule has 4 atom stereocenters. The maximum absolute atomic E-state index is 12.9. The van der Waals surface area contributed by atoms with Crippen LogP contribution in [0.2, 0.25) is 0 Å². The summed E-state index contributed by atoms with van der Waals surface area (Å²) in [6.07, 6.45) is -0.711. The number of benzene rings is 4. The van der Waals surface area contributed by atoms with E-state index in [1.54, 1.807) is 43.1 Å². The number of aliphatic hydroxyl groups is 1. The fourth-order valence-electron chi connectivity index (χ4n) is 6.55. The molecule has 1 fully saturated rings. The van der Waals surface area contributed by atoms with E-state index in [-0.39, 0.29) is 18.3 Å². The first-order valence-corrected chi connectivity index (χ1v) is 16.4. The molecule has 0 radical (unpaired) electrons. The quantitative estimate of drug-likeness (QED) is 0.161. The van der Waals surface area contributed by atoms with Gasteiger partial charge in [-0.2, -0.15) is 0 Å². The van der Waals surface area contributed by atoms with Gasteiger partial charge in [-0.1, -0.05) is 72.8 Å². The highest BCUT2D eigenvalue weighted by atomic mass is 16.6. The number of rotatable bonds is 12. The molecule has 2 aromatic heterocycles. The number of aromatic nitrogens is 4. The molecule has 3 unspecified atom stereocenters. The first-order chi connectivity index (χ1) is 25.0. The van der Waals surface area contributed by atoms with Crippen LogP contribution in [-0.4, -0.2) is 76.8 Å². The minimum atomic E-state index is -1.12. The zero-order valence-electron chi connectivity index (χ0n) is 28.2. The van der Waals surface area contributed by atoms with Crippen molar-refractivity contribution in [3.8, 4) is 11.5 Å². The van der Waals surface area contributed by atoms with Gasteiger partial charge in [0.15, 0.2) is 23.2 Å². The highest BCUT2D eigenvalue weighted by Crippen LogP contribution is 2.43. The van der Waals surface area contributed by atoms with Gasteiger partial charge in [-0.25, -0.2) is 15.0 Å². The second-order valence-electron chi connectivity index (χ2n) is 11.9. The van der Waals surface area contributed by atoms with E-state index in [9.17, 15) is 9.90 Å². The van der Waals surface area contributed by atoms with Crippen LogP contribution in [0.15, 0.2) is 122 Å². The van der Waals surface area contributed by atoms with Crippen LogP contribution in [0, 0.1) is 0 Å². The van der Waals surface area contributed by atoms with E-state index in [0.29, 0.717) is 28.2 Å². The largest absolute Gasteiger partial charge is 0.497 e. The summed E-state index contributed by atoms with van der Waals surface area (Å²) in [6.45, 7) is 0.0268. The summed E-state index contributed by atoms with van der Waals surface area (Å²) in [5, 5.41) is 14.4. The second-order valence-corrected chi connectivity index (χ2v) is 11.9. The Bertz CT molecular complexity index is 2030. The highest BCUT2D eigenvalue weighted by molar-refractivity contribution is 6.06. The van der Waals surface area contributed by atoms with E-state index >= 15 is 0 Å². The highest BCUT2D eigenvalue weighted by Gasteiger charge is 2.48. The number of carbonyl (C=O) groups excluding carboxylic acids is 1. The summed E-state index contributed by atoms with van der Waals surface area (Å²) in [5.41, 5.74) is 2.66. The number of nitrogens with one attached hydrogen (secondary N) is 1. The van der Waals surface area contributed by atoms with Gasteiger partial charge >= 0.3 is 0 Å². The molecule has 6 aromatic rings. The van der Waals surface area contributed by atoms with Crippen LogP contribution < -0.4 is 14.8 Å². The Morgan fingerprint density at radius 2 is 1.39 bits per heavy atom. The van der Waals surface area contributed by atoms with Crippen LogP contribution in [0.3, 0.4) is 0 Å². The Labute approximate surface area is 294 Å². The summed E-state index contributed by atoms with van der Waals surface area (Å²) in [6, 6.07) is 34.2. The number of methoxy groups -OCH3 is 3. The predicted molar refractivity (Wildman–Crippen MR) is 189 cm³/mol. The topological polar surface area (TPSA) is 139 Å². The molecule has 1 aliphatic rings. The van der Waals surface area contributed by atoms with Crippen LogP contribution in [0.4, 0.5) is 5.82 Å². The molecule has 3 heterocycles. The first kappa shape index (κ1) is 33.8. The van der Waals surface area contributed by atoms with E-state index < -0.39 is 30.1 Å². The summed E-state index contributed by atoms with van der Waals surface area (Å²) < 4.78 is 32.0. The minimum Gasteiger partial charge on any atom is -0.497 e. The average molecular weight is 688 g/mol. The number of anilines is 1. The van der Waals surface area contributed by atoms with Gasteiger partial charge in [-0.15, -0.1) is 0 Å². The zero-order valence-corrected chi connectivity index (χ0v) is 28.2. The third kappa shape index (κ3) is 6.41. The maximum Gasteiger partial charge on any atom is 0.256 e. The molecule has 0 saturated carbocycles. The van der Waals surface area contributed by atoms with Crippen molar-refractivity contribution in [1.82, 2.24) is 19.5 Å². The molecule has 12 heteroatoms. The van der Waals surface area contributed by atoms with Gasteiger partial charge in [-0.05, 0) is 53.1 Å². The summed E-state index contributed by atoms with van der Waals surface area (Å²) in [5.74, 6) is 1.31. The van der Waals surface area contributed by atoms with Gasteiger partial charge in [-0.3, -0.25) is 9.36 Å². The normalized spacial score (nSPS) is 18.8. The molecule has 0 aliphatic carbocycles. The number of hydrogen-bond donors (Lipinski definition) is 2. The fraction of sp³-hybridized carbons (Fsp3) is 0.231. The molecule has 1 amide bonds. The SMILES string of the molecule is COc1ccc(C(OCC2OC(n3cnc4c(NC(=O)c5ccccc5)ncnc43)[C@@H](O)C2OC)(c2ccccc2)c2ccc(OC)cc2)cc1. The molecule has 7 rings (SSSR count). The Hall–Kier alpha value is -5.66. The van der Waals surface area contributed by atoms with E-state index in [4.69, 9.17) is 23.7 Å². The standard InChI is InChI=1S/C39H37N5O7/c1-47-29-18-14-27(15-19-29)39(26-12-8-5-9-13-26,28-16-20-30(48-2)21-17-28)50-22-31-34(49-3)33(45)38(51-31)44-24-42-32-35(40-23-41-36(32)44)43-37(46)25-10-6-4-7-11-25/h4-21,23-24,31,33-34,38,45H,22H2,1-3H3,(H,40,41,43,46)/t31?,33-,34?,38?/m0/s1. The van der Waals surface area contributed by atoms with Crippen molar-refractivity contribution in [2.75, 3.05) is 33.3 Å². The molecule has 4 aromatic carbocycles. The van der Waals surface area contributed by atoms with Gasteiger partial charge < -0.3 is 34.1 Å². The number of carbonyl (C=O) groups is 1. The lowest BCUT2D eigenvalue weighted by atomic mass is 9.80. The molecule has 0 bridgehead atoms. The van der Waals surface area contributed by atoms with Gasteiger partial charge in [0.05, 0.1) is 27.2 Å². The Morgan fingerprint density at radius 1 is 0.804 bits per heavy atom. The summed E-state index contributed by atoms with van der Waals surface area (Å²) in [4.78, 5) is 26.1. The van der Waals surface area contributed by atoms with Crippen LogP contribution in [-0.2, 0) is 19.8 Å². The van der Waals surface area contributed by atoms with Crippen LogP contribution in [0.1, 0.15) is 33.3 Å². The van der Waals surface area contributed by atoms with Crippen molar-refractivity contribution in [2.45, 2.75) is 30.1 Å². The average Bonchev–Trinajstić information content (AvgIpc) is 3.76. The van der Waals surface area contributed by atoms with Crippen molar-refractivity contribution in [3.63, 3.8) is 0 Å². The number of hydrogen-bond acceptors (Lipinski definition) is 10. The first-order valence-electron chi connectivity index (χ1n) is 16.4. The van der Waals surface area contributed by atoms with E-state index in [2.05, 4.69) is 20.3 Å². The number of fused-ring (bicyclic) bond motifs is 1. The smallest absolute Gasteiger partial charge is 0.256 e. The summed E-state index contributed by atoms with van der Waals surface area (Å²) >= 11 is 0. The van der Waals surface area contributed by atoms with Crippen molar-refractivity contribution in [3.05, 3.63) is 144 Å².